The number of fused-ring (bicyclic) bond motifs is 1. The summed E-state index contributed by atoms with van der Waals surface area (Å²) in [6.45, 7) is 4.37. The van der Waals surface area contributed by atoms with E-state index in [4.69, 9.17) is 0 Å². The summed E-state index contributed by atoms with van der Waals surface area (Å²) in [5.41, 5.74) is 0.998. The normalized spacial score (nSPS) is 15.3. The number of hydrogen-bond donors (Lipinski definition) is 3. The molecule has 0 saturated heterocycles. The fourth-order valence-corrected chi connectivity index (χ4v) is 4.88. The summed E-state index contributed by atoms with van der Waals surface area (Å²) in [5.74, 6) is -2.79. The maximum Gasteiger partial charge on any atom is 0.434 e. The lowest BCUT2D eigenvalue weighted by molar-refractivity contribution is -0.141. The Morgan fingerprint density at radius 1 is 1.19 bits per heavy atom. The number of thiazole rings is 1. The van der Waals surface area contributed by atoms with Gasteiger partial charge in [-0.25, -0.2) is 14.8 Å². The molecule has 9 nitrogen and oxygen atoms in total. The van der Waals surface area contributed by atoms with E-state index in [-0.39, 0.29) is 22.9 Å². The fraction of sp³-hybridized carbons (Fsp3) is 0.292. The molecule has 1 unspecified atom stereocenters. The molecule has 3 heterocycles. The number of benzene rings is 1. The van der Waals surface area contributed by atoms with Crippen LogP contribution in [0, 0.1) is 5.92 Å². The molecule has 1 aromatic carbocycles. The number of ketones is 1. The van der Waals surface area contributed by atoms with Crippen LogP contribution in [0.3, 0.4) is 0 Å². The summed E-state index contributed by atoms with van der Waals surface area (Å²) in [4.78, 5) is 46.1. The van der Waals surface area contributed by atoms with Crippen molar-refractivity contribution in [3.05, 3.63) is 47.1 Å². The molecule has 0 radical (unpaired) electrons. The van der Waals surface area contributed by atoms with E-state index in [1.165, 1.54) is 18.3 Å². The van der Waals surface area contributed by atoms with Crippen molar-refractivity contribution in [3.63, 3.8) is 0 Å². The molecule has 0 spiro atoms. The maximum atomic E-state index is 13.3. The number of anilines is 2. The van der Waals surface area contributed by atoms with Gasteiger partial charge in [0.1, 0.15) is 16.7 Å². The van der Waals surface area contributed by atoms with E-state index in [2.05, 4.69) is 20.6 Å². The molecule has 3 N–H and O–H groups in total. The third kappa shape index (κ3) is 5.26. The van der Waals surface area contributed by atoms with Crippen LogP contribution in [0.2, 0.25) is 0 Å². The zero-order chi connectivity index (χ0) is 26.9. The predicted octanol–water partition coefficient (Wildman–Crippen LogP) is 4.76. The van der Waals surface area contributed by atoms with Crippen molar-refractivity contribution in [2.45, 2.75) is 20.0 Å². The van der Waals surface area contributed by atoms with Gasteiger partial charge >= 0.3 is 18.2 Å². The van der Waals surface area contributed by atoms with E-state index in [0.29, 0.717) is 35.5 Å². The Hall–Kier alpha value is -4.00. The predicted molar refractivity (Wildman–Crippen MR) is 132 cm³/mol. The fourth-order valence-electron chi connectivity index (χ4n) is 4.03. The number of nitrogens with one attached hydrogen (secondary N) is 2. The van der Waals surface area contributed by atoms with Crippen molar-refractivity contribution in [1.82, 2.24) is 15.3 Å². The summed E-state index contributed by atoms with van der Waals surface area (Å²) in [7, 11) is 0. The Bertz CT molecular complexity index is 1370. The molecule has 4 rings (SSSR count). The second-order valence-corrected chi connectivity index (χ2v) is 9.02. The van der Waals surface area contributed by atoms with Gasteiger partial charge in [-0.1, -0.05) is 6.07 Å². The summed E-state index contributed by atoms with van der Waals surface area (Å²) >= 11 is 0.797. The van der Waals surface area contributed by atoms with Crippen molar-refractivity contribution in [2.24, 2.45) is 5.92 Å². The number of alkyl halides is 3. The molecule has 0 fully saturated rings. The number of nitrogens with zero attached hydrogens (tertiary/aromatic N) is 3. The number of carboxylic acids is 1. The zero-order valence-corrected chi connectivity index (χ0v) is 20.5. The first-order valence-corrected chi connectivity index (χ1v) is 12.2. The third-order valence-electron chi connectivity index (χ3n) is 5.82. The van der Waals surface area contributed by atoms with Crippen LogP contribution in [0.4, 0.5) is 29.5 Å². The van der Waals surface area contributed by atoms with Crippen LogP contribution < -0.4 is 15.5 Å². The van der Waals surface area contributed by atoms with Gasteiger partial charge in [-0.3, -0.25) is 14.9 Å². The summed E-state index contributed by atoms with van der Waals surface area (Å²) in [6.07, 6.45) is -3.22. The van der Waals surface area contributed by atoms with Gasteiger partial charge in [0, 0.05) is 53.6 Å². The molecule has 0 aliphatic carbocycles. The Balaban J connectivity index is 1.83. The molecule has 13 heteroatoms. The number of hydrogen-bond acceptors (Lipinski definition) is 7. The van der Waals surface area contributed by atoms with E-state index in [1.54, 1.807) is 24.0 Å². The number of Topliss-reactive ketones (excluding diaryl/α,β-unsaturated/α-hetero) is 1. The van der Waals surface area contributed by atoms with Crippen LogP contribution in [0.15, 0.2) is 35.8 Å². The minimum absolute atomic E-state index is 0.00302. The topological polar surface area (TPSA) is 125 Å². The number of rotatable bonds is 6. The summed E-state index contributed by atoms with van der Waals surface area (Å²) in [6, 6.07) is 5.70. The van der Waals surface area contributed by atoms with Crippen molar-refractivity contribution in [1.29, 1.82) is 0 Å². The molecule has 194 valence electrons. The molecule has 1 aliphatic heterocycles. The average Bonchev–Trinajstić information content (AvgIpc) is 3.35. The summed E-state index contributed by atoms with van der Waals surface area (Å²) < 4.78 is 39.8. The molecule has 0 saturated carbocycles. The first kappa shape index (κ1) is 26.1. The van der Waals surface area contributed by atoms with Crippen LogP contribution in [-0.2, 0) is 11.0 Å². The van der Waals surface area contributed by atoms with Crippen LogP contribution >= 0.6 is 11.3 Å². The smallest absolute Gasteiger partial charge is 0.434 e. The van der Waals surface area contributed by atoms with Crippen molar-refractivity contribution >= 4 is 40.6 Å². The number of carbonyl (C=O) groups is 3. The number of aromatic nitrogens is 2. The minimum atomic E-state index is -4.63. The highest BCUT2D eigenvalue weighted by molar-refractivity contribution is 7.13. The Labute approximate surface area is 213 Å². The van der Waals surface area contributed by atoms with Gasteiger partial charge in [0.2, 0.25) is 0 Å². The molecule has 1 aliphatic rings. The number of aliphatic carboxylic acids is 1. The maximum absolute atomic E-state index is 13.3. The van der Waals surface area contributed by atoms with Gasteiger partial charge in [-0.15, -0.1) is 11.3 Å². The number of carboxylic acid groups (broad SMARTS) is 1. The lowest BCUT2D eigenvalue weighted by atomic mass is 9.89. The molecule has 2 amide bonds. The van der Waals surface area contributed by atoms with E-state index in [0.717, 1.165) is 16.7 Å². The molecule has 3 aromatic rings. The van der Waals surface area contributed by atoms with E-state index >= 15 is 0 Å². The molecule has 0 bridgehead atoms. The van der Waals surface area contributed by atoms with Crippen LogP contribution in [-0.4, -0.2) is 52.5 Å². The summed E-state index contributed by atoms with van der Waals surface area (Å²) in [5, 5.41) is 15.5. The van der Waals surface area contributed by atoms with Crippen LogP contribution in [0.1, 0.15) is 29.9 Å². The number of halogens is 3. The number of urea groups is 1. The van der Waals surface area contributed by atoms with E-state index in [1.807, 2.05) is 6.92 Å². The van der Waals surface area contributed by atoms with Crippen LogP contribution in [0.5, 0.6) is 0 Å². The van der Waals surface area contributed by atoms with Gasteiger partial charge in [-0.05, 0) is 37.6 Å². The Morgan fingerprint density at radius 3 is 2.57 bits per heavy atom. The highest BCUT2D eigenvalue weighted by Gasteiger charge is 2.37. The number of amides is 2. The largest absolute Gasteiger partial charge is 0.481 e. The quantitative estimate of drug-likeness (QED) is 0.391. The van der Waals surface area contributed by atoms with E-state index < -0.39 is 35.6 Å². The Morgan fingerprint density at radius 2 is 1.95 bits per heavy atom. The standard InChI is InChI=1S/C24H22F3N5O4S/c1-3-28-23(36)31-19-8-14(21-30-18(11-37-21)24(25,26)27)15(9-29-19)12-5-6-13-17(7-12)32(4-2)10-16(20(13)33)22(34)35/h5-9,11,16H,3-4,10H2,1-2H3,(H,34,35)(H2,28,29,31,36). The monoisotopic (exact) mass is 533 g/mol. The second kappa shape index (κ2) is 10.2. The highest BCUT2D eigenvalue weighted by Crippen LogP contribution is 2.40. The lowest BCUT2D eigenvalue weighted by Crippen LogP contribution is -2.42. The molecule has 37 heavy (non-hydrogen) atoms. The molecular formula is C24H22F3N5O4S. The van der Waals surface area contributed by atoms with Gasteiger partial charge in [0.05, 0.1) is 0 Å². The van der Waals surface area contributed by atoms with Gasteiger partial charge in [0.15, 0.2) is 11.5 Å². The number of carbonyl (C=O) groups excluding carboxylic acids is 2. The second-order valence-electron chi connectivity index (χ2n) is 8.16. The minimum Gasteiger partial charge on any atom is -0.481 e. The van der Waals surface area contributed by atoms with Gasteiger partial charge in [0.25, 0.3) is 0 Å². The SMILES string of the molecule is CCNC(=O)Nc1cc(-c2nc(C(F)(F)F)cs2)c(-c2ccc3c(c2)N(CC)CC(C(=O)O)C3=O)cn1. The first-order valence-electron chi connectivity index (χ1n) is 11.3. The Kier molecular flexibility index (Phi) is 7.16. The van der Waals surface area contributed by atoms with Crippen LogP contribution in [0.25, 0.3) is 21.7 Å². The molecule has 1 atom stereocenters. The lowest BCUT2D eigenvalue weighted by Gasteiger charge is -2.33. The average molecular weight is 534 g/mol. The van der Waals surface area contributed by atoms with E-state index in [9.17, 15) is 32.7 Å². The third-order valence-corrected chi connectivity index (χ3v) is 6.70. The molecule has 2 aromatic heterocycles. The van der Waals surface area contributed by atoms with Crippen molar-refractivity contribution in [3.8, 4) is 21.7 Å². The number of pyridine rings is 1. The van der Waals surface area contributed by atoms with Crippen molar-refractivity contribution in [2.75, 3.05) is 29.9 Å². The highest BCUT2D eigenvalue weighted by atomic mass is 32.1. The van der Waals surface area contributed by atoms with Gasteiger partial charge in [-0.2, -0.15) is 13.2 Å². The van der Waals surface area contributed by atoms with Gasteiger partial charge < -0.3 is 15.3 Å². The molecular weight excluding hydrogens is 511 g/mol. The first-order chi connectivity index (χ1) is 17.5. The zero-order valence-electron chi connectivity index (χ0n) is 19.7. The van der Waals surface area contributed by atoms with Crippen molar-refractivity contribution < 1.29 is 32.7 Å².